The molecule has 3 saturated heterocycles. The molecule has 3 heterocycles. The molecule has 3 rings (SSSR count). The lowest BCUT2D eigenvalue weighted by atomic mass is 9.93. The highest BCUT2D eigenvalue weighted by Gasteiger charge is 2.41. The van der Waals surface area contributed by atoms with Gasteiger partial charge in [0.1, 0.15) is 0 Å². The summed E-state index contributed by atoms with van der Waals surface area (Å²) in [5.41, 5.74) is 0.164. The molecule has 5 nitrogen and oxygen atoms in total. The fourth-order valence-electron chi connectivity index (χ4n) is 3.61. The maximum absolute atomic E-state index is 12.4. The van der Waals surface area contributed by atoms with Gasteiger partial charge < -0.3 is 15.4 Å². The topological polar surface area (TPSA) is 53.6 Å². The van der Waals surface area contributed by atoms with Crippen LogP contribution in [-0.4, -0.2) is 73.8 Å². The fraction of sp³-hybridized carbons (Fsp3) is 0.933. The number of morpholine rings is 1. The van der Waals surface area contributed by atoms with Gasteiger partial charge in [0.15, 0.2) is 0 Å². The van der Waals surface area contributed by atoms with E-state index < -0.39 is 0 Å². The first-order valence-electron chi connectivity index (χ1n) is 8.19. The van der Waals surface area contributed by atoms with E-state index in [1.54, 1.807) is 0 Å². The Morgan fingerprint density at radius 3 is 2.68 bits per heavy atom. The molecular formula is C15H28ClN3O2S. The number of nitrogens with one attached hydrogen (secondary N) is 2. The van der Waals surface area contributed by atoms with Gasteiger partial charge in [-0.05, 0) is 38.1 Å². The smallest absolute Gasteiger partial charge is 0.223 e. The molecule has 3 aliphatic heterocycles. The molecule has 0 radical (unpaired) electrons. The zero-order valence-corrected chi connectivity index (χ0v) is 14.8. The number of ether oxygens (including phenoxy) is 1. The molecule has 0 aromatic carbocycles. The predicted octanol–water partition coefficient (Wildman–Crippen LogP) is 0.732. The van der Waals surface area contributed by atoms with Gasteiger partial charge in [-0.15, -0.1) is 12.4 Å². The molecule has 0 spiro atoms. The van der Waals surface area contributed by atoms with Crippen LogP contribution in [0.2, 0.25) is 0 Å². The van der Waals surface area contributed by atoms with Crippen LogP contribution in [0.5, 0.6) is 0 Å². The Kier molecular flexibility index (Phi) is 7.28. The van der Waals surface area contributed by atoms with Crippen molar-refractivity contribution >= 4 is 30.1 Å². The number of nitrogens with zero attached hydrogens (tertiary/aromatic N) is 1. The van der Waals surface area contributed by atoms with Gasteiger partial charge in [-0.3, -0.25) is 9.69 Å². The number of piperidine rings is 1. The Hall–Kier alpha value is -0.0100. The van der Waals surface area contributed by atoms with Crippen LogP contribution in [-0.2, 0) is 9.53 Å². The first-order valence-corrected chi connectivity index (χ1v) is 9.35. The number of halogens is 1. The van der Waals surface area contributed by atoms with Gasteiger partial charge in [-0.2, -0.15) is 11.8 Å². The van der Waals surface area contributed by atoms with Crippen LogP contribution in [0.25, 0.3) is 0 Å². The van der Waals surface area contributed by atoms with Crippen molar-refractivity contribution in [2.75, 3.05) is 57.4 Å². The summed E-state index contributed by atoms with van der Waals surface area (Å²) in [4.78, 5) is 14.9. The monoisotopic (exact) mass is 349 g/mol. The van der Waals surface area contributed by atoms with Crippen LogP contribution in [0.4, 0.5) is 0 Å². The molecule has 1 amide bonds. The van der Waals surface area contributed by atoms with Gasteiger partial charge in [0.2, 0.25) is 5.91 Å². The first kappa shape index (κ1) is 18.3. The van der Waals surface area contributed by atoms with Crippen LogP contribution in [0.3, 0.4) is 0 Å². The molecule has 0 aliphatic carbocycles. The third-order valence-electron chi connectivity index (χ3n) is 5.07. The Morgan fingerprint density at radius 1 is 1.32 bits per heavy atom. The minimum Gasteiger partial charge on any atom is -0.379 e. The molecule has 0 aromatic rings. The number of thioether (sulfide) groups is 1. The number of hydrogen-bond donors (Lipinski definition) is 2. The van der Waals surface area contributed by atoms with Crippen molar-refractivity contribution in [3.8, 4) is 0 Å². The summed E-state index contributed by atoms with van der Waals surface area (Å²) in [5, 5.41) is 6.59. The second kappa shape index (κ2) is 8.73. The molecular weight excluding hydrogens is 322 g/mol. The highest BCUT2D eigenvalue weighted by Crippen LogP contribution is 2.33. The zero-order chi connectivity index (χ0) is 14.5. The van der Waals surface area contributed by atoms with Crippen LogP contribution < -0.4 is 10.6 Å². The Labute approximate surface area is 143 Å². The van der Waals surface area contributed by atoms with Crippen molar-refractivity contribution in [1.82, 2.24) is 15.5 Å². The third-order valence-corrected chi connectivity index (χ3v) is 6.30. The number of hydrogen-bond acceptors (Lipinski definition) is 5. The van der Waals surface area contributed by atoms with E-state index in [9.17, 15) is 4.79 Å². The molecule has 1 atom stereocenters. The van der Waals surface area contributed by atoms with Gasteiger partial charge in [0.05, 0.1) is 13.2 Å². The van der Waals surface area contributed by atoms with E-state index in [2.05, 4.69) is 15.5 Å². The van der Waals surface area contributed by atoms with Crippen LogP contribution >= 0.6 is 24.2 Å². The number of carbonyl (C=O) groups is 1. The SMILES string of the molecule is Cl.O=C(NCC1(N2CCOCC2)CCSC1)C1CCNCC1. The van der Waals surface area contributed by atoms with Gasteiger partial charge in [0, 0.05) is 36.8 Å². The molecule has 3 aliphatic rings. The zero-order valence-electron chi connectivity index (χ0n) is 13.1. The summed E-state index contributed by atoms with van der Waals surface area (Å²) in [5.74, 6) is 2.82. The second-order valence-electron chi connectivity index (χ2n) is 6.37. The highest BCUT2D eigenvalue weighted by atomic mass is 35.5. The molecule has 3 fully saturated rings. The van der Waals surface area contributed by atoms with Gasteiger partial charge in [-0.25, -0.2) is 0 Å². The number of carbonyl (C=O) groups excluding carboxylic acids is 1. The molecule has 0 aromatic heterocycles. The quantitative estimate of drug-likeness (QED) is 0.783. The van der Waals surface area contributed by atoms with E-state index in [0.29, 0.717) is 0 Å². The van der Waals surface area contributed by atoms with Gasteiger partial charge in [0.25, 0.3) is 0 Å². The number of amides is 1. The van der Waals surface area contributed by atoms with E-state index in [1.165, 1.54) is 12.2 Å². The summed E-state index contributed by atoms with van der Waals surface area (Å²) < 4.78 is 5.48. The lowest BCUT2D eigenvalue weighted by Gasteiger charge is -2.43. The highest BCUT2D eigenvalue weighted by molar-refractivity contribution is 7.99. The summed E-state index contributed by atoms with van der Waals surface area (Å²) in [6.07, 6.45) is 3.14. The first-order chi connectivity index (χ1) is 10.3. The molecule has 0 bridgehead atoms. The molecule has 2 N–H and O–H groups in total. The average molecular weight is 350 g/mol. The van der Waals surface area contributed by atoms with Crippen molar-refractivity contribution in [2.24, 2.45) is 5.92 Å². The van der Waals surface area contributed by atoms with Crippen molar-refractivity contribution in [3.05, 3.63) is 0 Å². The Morgan fingerprint density at radius 2 is 2.05 bits per heavy atom. The van der Waals surface area contributed by atoms with Crippen LogP contribution in [0.1, 0.15) is 19.3 Å². The van der Waals surface area contributed by atoms with Crippen LogP contribution in [0, 0.1) is 5.92 Å². The summed E-state index contributed by atoms with van der Waals surface area (Å²) >= 11 is 2.02. The largest absolute Gasteiger partial charge is 0.379 e. The molecule has 128 valence electrons. The maximum atomic E-state index is 12.4. The van der Waals surface area contributed by atoms with E-state index >= 15 is 0 Å². The maximum Gasteiger partial charge on any atom is 0.223 e. The summed E-state index contributed by atoms with van der Waals surface area (Å²) in [6, 6.07) is 0. The van der Waals surface area contributed by atoms with E-state index in [1.807, 2.05) is 11.8 Å². The molecule has 7 heteroatoms. The third kappa shape index (κ3) is 4.29. The minimum atomic E-state index is 0. The van der Waals surface area contributed by atoms with E-state index in [-0.39, 0.29) is 29.8 Å². The van der Waals surface area contributed by atoms with Crippen molar-refractivity contribution in [1.29, 1.82) is 0 Å². The lowest BCUT2D eigenvalue weighted by molar-refractivity contribution is -0.126. The van der Waals surface area contributed by atoms with Gasteiger partial charge >= 0.3 is 0 Å². The Balaban J connectivity index is 0.00000176. The van der Waals surface area contributed by atoms with Gasteiger partial charge in [-0.1, -0.05) is 0 Å². The molecule has 22 heavy (non-hydrogen) atoms. The standard InChI is InChI=1S/C15H27N3O2S.ClH/c19-14(13-1-4-16-5-2-13)17-11-15(3-10-21-12-15)18-6-8-20-9-7-18;/h13,16H,1-12H2,(H,17,19);1H. The molecule has 0 saturated carbocycles. The molecule has 1 unspecified atom stereocenters. The van der Waals surface area contributed by atoms with Crippen LogP contribution in [0.15, 0.2) is 0 Å². The fourth-order valence-corrected chi connectivity index (χ4v) is 5.09. The second-order valence-corrected chi connectivity index (χ2v) is 7.47. The summed E-state index contributed by atoms with van der Waals surface area (Å²) in [7, 11) is 0. The minimum absolute atomic E-state index is 0. The van der Waals surface area contributed by atoms with Crippen molar-refractivity contribution in [3.63, 3.8) is 0 Å². The predicted molar refractivity (Wildman–Crippen MR) is 92.9 cm³/mol. The van der Waals surface area contributed by atoms with E-state index in [4.69, 9.17) is 4.74 Å². The normalized spacial score (nSPS) is 30.7. The number of rotatable bonds is 4. The van der Waals surface area contributed by atoms with Crippen molar-refractivity contribution < 1.29 is 9.53 Å². The average Bonchev–Trinajstić information content (AvgIpc) is 3.04. The van der Waals surface area contributed by atoms with E-state index in [0.717, 1.165) is 64.5 Å². The van der Waals surface area contributed by atoms with Crippen molar-refractivity contribution in [2.45, 2.75) is 24.8 Å². The summed E-state index contributed by atoms with van der Waals surface area (Å²) in [6.45, 7) is 6.42. The Bertz CT molecular complexity index is 355. The lowest BCUT2D eigenvalue weighted by Crippen LogP contribution is -2.59.